The molecule has 1 aliphatic heterocycles. The number of carboxylic acid groups (broad SMARTS) is 1. The Hall–Kier alpha value is -1.73. The fourth-order valence-electron chi connectivity index (χ4n) is 2.01. The summed E-state index contributed by atoms with van der Waals surface area (Å²) in [6.07, 6.45) is 0.412. The van der Waals surface area contributed by atoms with Crippen molar-refractivity contribution in [3.05, 3.63) is 23.3 Å². The Balaban J connectivity index is 2.54. The smallest absolute Gasteiger partial charge is 0.430 e. The molecule has 0 aliphatic carbocycles. The number of benzene rings is 1. The molecule has 0 atom stereocenters. The maximum absolute atomic E-state index is 11.3. The minimum Gasteiger partial charge on any atom is -0.669 e. The molecule has 98 valence electrons. The van der Waals surface area contributed by atoms with E-state index in [2.05, 4.69) is 0 Å². The van der Waals surface area contributed by atoms with Crippen molar-refractivity contribution in [2.75, 3.05) is 6.61 Å². The first-order valence-corrected chi connectivity index (χ1v) is 5.76. The molecule has 6 nitrogen and oxygen atoms in total. The van der Waals surface area contributed by atoms with E-state index in [0.717, 1.165) is 0 Å². The van der Waals surface area contributed by atoms with Gasteiger partial charge in [0.25, 0.3) is 0 Å². The standard InChI is InChI=1S/C11H14BO6/c1-2-17-8-4-3-7-5-6-12(15,16)18-10(7)9(8)11(13)14/h3-4,15-16H,2,5-6H2,1H3,(H,13,14)/q-1. The van der Waals surface area contributed by atoms with Crippen molar-refractivity contribution in [3.63, 3.8) is 0 Å². The lowest BCUT2D eigenvalue weighted by molar-refractivity contribution is 0.0688. The van der Waals surface area contributed by atoms with Gasteiger partial charge < -0.3 is 24.5 Å². The van der Waals surface area contributed by atoms with E-state index in [1.165, 1.54) is 0 Å². The zero-order chi connectivity index (χ0) is 13.3. The number of rotatable bonds is 3. The lowest BCUT2D eigenvalue weighted by Gasteiger charge is -2.37. The van der Waals surface area contributed by atoms with Crippen molar-refractivity contribution in [1.29, 1.82) is 0 Å². The molecule has 0 aromatic heterocycles. The number of aryl methyl sites for hydroxylation is 1. The summed E-state index contributed by atoms with van der Waals surface area (Å²) in [5, 5.41) is 28.2. The molecule has 0 saturated carbocycles. The monoisotopic (exact) mass is 253 g/mol. The molecule has 1 aromatic carbocycles. The van der Waals surface area contributed by atoms with Crippen LogP contribution >= 0.6 is 0 Å². The Labute approximate surface area is 104 Å². The minimum atomic E-state index is -2.98. The molecule has 0 spiro atoms. The molecule has 1 heterocycles. The second-order valence-corrected chi connectivity index (χ2v) is 4.18. The Kier molecular flexibility index (Phi) is 3.19. The van der Waals surface area contributed by atoms with E-state index in [-0.39, 0.29) is 23.4 Å². The molecular weight excluding hydrogens is 239 g/mol. The van der Waals surface area contributed by atoms with Gasteiger partial charge in [-0.25, -0.2) is 4.79 Å². The highest BCUT2D eigenvalue weighted by molar-refractivity contribution is 6.59. The van der Waals surface area contributed by atoms with Crippen molar-refractivity contribution in [3.8, 4) is 11.5 Å². The summed E-state index contributed by atoms with van der Waals surface area (Å²) in [7, 11) is 0. The molecule has 0 bridgehead atoms. The van der Waals surface area contributed by atoms with E-state index in [1.807, 2.05) is 0 Å². The van der Waals surface area contributed by atoms with Crippen LogP contribution in [0.1, 0.15) is 22.8 Å². The number of carboxylic acids is 1. The zero-order valence-electron chi connectivity index (χ0n) is 9.92. The number of hydrogen-bond donors (Lipinski definition) is 3. The highest BCUT2D eigenvalue weighted by Gasteiger charge is 2.32. The first kappa shape index (κ1) is 12.7. The third-order valence-corrected chi connectivity index (χ3v) is 2.81. The van der Waals surface area contributed by atoms with E-state index in [9.17, 15) is 19.9 Å². The molecule has 18 heavy (non-hydrogen) atoms. The van der Waals surface area contributed by atoms with Crippen LogP contribution in [0, 0.1) is 0 Å². The van der Waals surface area contributed by atoms with E-state index < -0.39 is 12.7 Å². The summed E-state index contributed by atoms with van der Waals surface area (Å²) < 4.78 is 10.2. The van der Waals surface area contributed by atoms with Gasteiger partial charge in [-0.3, -0.25) is 0 Å². The van der Waals surface area contributed by atoms with Crippen LogP contribution in [-0.4, -0.2) is 34.5 Å². The van der Waals surface area contributed by atoms with E-state index in [1.54, 1.807) is 19.1 Å². The van der Waals surface area contributed by atoms with Crippen molar-refractivity contribution >= 4 is 12.7 Å². The van der Waals surface area contributed by atoms with Crippen LogP contribution < -0.4 is 9.39 Å². The Bertz CT molecular complexity index is 485. The third-order valence-electron chi connectivity index (χ3n) is 2.81. The molecule has 0 unspecified atom stereocenters. The fourth-order valence-corrected chi connectivity index (χ4v) is 2.01. The summed E-state index contributed by atoms with van der Waals surface area (Å²) in [5.41, 5.74) is 0.472. The molecule has 0 radical (unpaired) electrons. The van der Waals surface area contributed by atoms with E-state index in [0.29, 0.717) is 18.6 Å². The second-order valence-electron chi connectivity index (χ2n) is 4.18. The summed E-state index contributed by atoms with van der Waals surface area (Å²) in [5.74, 6) is -1.06. The lowest BCUT2D eigenvalue weighted by Crippen LogP contribution is -2.45. The van der Waals surface area contributed by atoms with Crippen molar-refractivity contribution < 1.29 is 29.3 Å². The Morgan fingerprint density at radius 2 is 2.22 bits per heavy atom. The van der Waals surface area contributed by atoms with Gasteiger partial charge in [0.05, 0.1) is 12.4 Å². The molecule has 1 aliphatic rings. The minimum absolute atomic E-state index is 0.00954. The molecule has 7 heteroatoms. The summed E-state index contributed by atoms with van der Waals surface area (Å²) in [4.78, 5) is 11.3. The van der Waals surface area contributed by atoms with Gasteiger partial charge in [0, 0.05) is 0 Å². The van der Waals surface area contributed by atoms with Crippen molar-refractivity contribution in [1.82, 2.24) is 0 Å². The average Bonchev–Trinajstić information content (AvgIpc) is 2.27. The highest BCUT2D eigenvalue weighted by atomic mass is 16.6. The highest BCUT2D eigenvalue weighted by Crippen LogP contribution is 2.38. The summed E-state index contributed by atoms with van der Waals surface area (Å²) >= 11 is 0. The fraction of sp³-hybridized carbons (Fsp3) is 0.364. The first-order chi connectivity index (χ1) is 8.44. The maximum Gasteiger partial charge on any atom is 0.430 e. The lowest BCUT2D eigenvalue weighted by atomic mass is 9.70. The van der Waals surface area contributed by atoms with E-state index in [4.69, 9.17) is 9.39 Å². The normalized spacial score (nSPS) is 16.6. The molecule has 1 aromatic rings. The van der Waals surface area contributed by atoms with Crippen LogP contribution in [-0.2, 0) is 6.42 Å². The first-order valence-electron chi connectivity index (χ1n) is 5.76. The third kappa shape index (κ3) is 2.27. The van der Waals surface area contributed by atoms with Gasteiger partial charge in [0.15, 0.2) is 0 Å². The number of ether oxygens (including phenoxy) is 1. The van der Waals surface area contributed by atoms with Gasteiger partial charge in [-0.1, -0.05) is 12.4 Å². The number of aromatic carboxylic acids is 1. The maximum atomic E-state index is 11.3. The topological polar surface area (TPSA) is 96.2 Å². The quantitative estimate of drug-likeness (QED) is 0.684. The predicted octanol–water partition coefficient (Wildman–Crippen LogP) is 0.642. The van der Waals surface area contributed by atoms with Crippen LogP contribution in [0.4, 0.5) is 0 Å². The largest absolute Gasteiger partial charge is 0.669 e. The van der Waals surface area contributed by atoms with Crippen molar-refractivity contribution in [2.24, 2.45) is 0 Å². The van der Waals surface area contributed by atoms with Gasteiger partial charge in [0.1, 0.15) is 11.3 Å². The summed E-state index contributed by atoms with van der Waals surface area (Å²) in [6, 6.07) is 3.24. The Morgan fingerprint density at radius 1 is 1.50 bits per heavy atom. The molecular formula is C11H14BO6-. The molecule has 3 N–H and O–H groups in total. The molecule has 0 amide bonds. The molecule has 0 saturated heterocycles. The number of carbonyl (C=O) groups is 1. The van der Waals surface area contributed by atoms with Gasteiger partial charge in [-0.2, -0.15) is 0 Å². The van der Waals surface area contributed by atoms with Gasteiger partial charge in [0.2, 0.25) is 0 Å². The van der Waals surface area contributed by atoms with Crippen LogP contribution in [0.25, 0.3) is 0 Å². The van der Waals surface area contributed by atoms with Crippen molar-refractivity contribution in [2.45, 2.75) is 19.7 Å². The SMILES string of the molecule is CCOc1ccc2c(c1C(=O)O)O[B-](O)(O)CC2. The van der Waals surface area contributed by atoms with Gasteiger partial charge in [-0.05, 0) is 25.0 Å². The van der Waals surface area contributed by atoms with Crippen LogP contribution in [0.5, 0.6) is 11.5 Å². The van der Waals surface area contributed by atoms with Crippen LogP contribution in [0.3, 0.4) is 0 Å². The molecule has 2 rings (SSSR count). The summed E-state index contributed by atoms with van der Waals surface area (Å²) in [6.45, 7) is -0.937. The predicted molar refractivity (Wildman–Crippen MR) is 63.9 cm³/mol. The van der Waals surface area contributed by atoms with Gasteiger partial charge >= 0.3 is 12.7 Å². The van der Waals surface area contributed by atoms with Crippen LogP contribution in [0.15, 0.2) is 12.1 Å². The van der Waals surface area contributed by atoms with E-state index >= 15 is 0 Å². The molecule has 0 fully saturated rings. The second kappa shape index (κ2) is 4.51. The van der Waals surface area contributed by atoms with Crippen LogP contribution in [0.2, 0.25) is 6.32 Å². The Morgan fingerprint density at radius 3 is 2.83 bits per heavy atom. The number of fused-ring (bicyclic) bond motifs is 1. The van der Waals surface area contributed by atoms with Gasteiger partial charge in [-0.15, -0.1) is 0 Å². The zero-order valence-corrected chi connectivity index (χ0v) is 9.92. The number of hydrogen-bond acceptors (Lipinski definition) is 5. The average molecular weight is 253 g/mol.